The van der Waals surface area contributed by atoms with E-state index < -0.39 is 0 Å². The minimum absolute atomic E-state index is 0.529. The number of likely N-dealkylation sites (tertiary alicyclic amines) is 1. The number of nitrogens with zero attached hydrogens (tertiary/aromatic N) is 2. The average Bonchev–Trinajstić information content (AvgIpc) is 2.15. The van der Waals surface area contributed by atoms with Crippen LogP contribution in [0.15, 0.2) is 0 Å². The molecule has 3 heteroatoms. The Bertz CT molecular complexity index is 206. The van der Waals surface area contributed by atoms with E-state index in [1.165, 1.54) is 19.6 Å². The lowest BCUT2D eigenvalue weighted by atomic mass is 9.80. The first-order valence-electron chi connectivity index (χ1n) is 6.13. The van der Waals surface area contributed by atoms with Crippen molar-refractivity contribution in [2.24, 2.45) is 5.41 Å². The van der Waals surface area contributed by atoms with Crippen LogP contribution in [0.4, 0.5) is 0 Å². The highest BCUT2D eigenvalue weighted by molar-refractivity contribution is 4.95. The van der Waals surface area contributed by atoms with Crippen molar-refractivity contribution in [2.45, 2.75) is 26.8 Å². The molecule has 88 valence electrons. The van der Waals surface area contributed by atoms with Crippen LogP contribution < -0.4 is 0 Å². The molecule has 0 aliphatic carbocycles. The summed E-state index contributed by atoms with van der Waals surface area (Å²) >= 11 is 0. The normalized spacial score (nSPS) is 28.0. The van der Waals surface area contributed by atoms with E-state index in [1.807, 2.05) is 0 Å². The van der Waals surface area contributed by atoms with Crippen LogP contribution in [0.25, 0.3) is 0 Å². The quantitative estimate of drug-likeness (QED) is 0.695. The molecule has 2 fully saturated rings. The molecule has 0 aromatic carbocycles. The molecule has 3 nitrogen and oxygen atoms in total. The van der Waals surface area contributed by atoms with E-state index in [-0.39, 0.29) is 0 Å². The van der Waals surface area contributed by atoms with Gasteiger partial charge in [-0.15, -0.1) is 0 Å². The van der Waals surface area contributed by atoms with Gasteiger partial charge in [0.1, 0.15) is 0 Å². The molecule has 2 heterocycles. The van der Waals surface area contributed by atoms with Gasteiger partial charge >= 0.3 is 0 Å². The van der Waals surface area contributed by atoms with Crippen LogP contribution in [0.5, 0.6) is 0 Å². The van der Waals surface area contributed by atoms with E-state index in [4.69, 9.17) is 4.74 Å². The fraction of sp³-hybridized carbons (Fsp3) is 1.00. The van der Waals surface area contributed by atoms with Gasteiger partial charge in [0.15, 0.2) is 0 Å². The summed E-state index contributed by atoms with van der Waals surface area (Å²) in [5, 5.41) is 0. The molecule has 0 N–H and O–H groups in total. The second-order valence-corrected chi connectivity index (χ2v) is 5.70. The van der Waals surface area contributed by atoms with Gasteiger partial charge in [-0.2, -0.15) is 0 Å². The van der Waals surface area contributed by atoms with Gasteiger partial charge in [-0.3, -0.25) is 9.80 Å². The zero-order chi connectivity index (χ0) is 10.9. The average molecular weight is 212 g/mol. The third-order valence-electron chi connectivity index (χ3n) is 3.61. The number of hydrogen-bond donors (Lipinski definition) is 0. The van der Waals surface area contributed by atoms with Crippen molar-refractivity contribution in [3.05, 3.63) is 0 Å². The zero-order valence-corrected chi connectivity index (χ0v) is 10.3. The Morgan fingerprint density at radius 2 is 1.80 bits per heavy atom. The first kappa shape index (κ1) is 11.4. The van der Waals surface area contributed by atoms with E-state index in [9.17, 15) is 0 Å². The standard InChI is InChI=1S/C12H24N2O/c1-11(2)14-9-12(3,10-14)8-13-4-6-15-7-5-13/h11H,4-10H2,1-3H3. The molecule has 2 rings (SSSR count). The Morgan fingerprint density at radius 3 is 2.33 bits per heavy atom. The lowest BCUT2D eigenvalue weighted by Gasteiger charge is -2.52. The van der Waals surface area contributed by atoms with Gasteiger partial charge in [0, 0.05) is 44.2 Å². The summed E-state index contributed by atoms with van der Waals surface area (Å²) in [4.78, 5) is 5.11. The molecule has 0 amide bonds. The molecule has 0 aromatic heterocycles. The highest BCUT2D eigenvalue weighted by Crippen LogP contribution is 2.32. The molecule has 2 aliphatic rings. The fourth-order valence-corrected chi connectivity index (χ4v) is 2.70. The molecule has 0 bridgehead atoms. The minimum Gasteiger partial charge on any atom is -0.379 e. The third-order valence-corrected chi connectivity index (χ3v) is 3.61. The van der Waals surface area contributed by atoms with Crippen LogP contribution in [0.2, 0.25) is 0 Å². The van der Waals surface area contributed by atoms with E-state index >= 15 is 0 Å². The molecule has 0 saturated carbocycles. The first-order valence-corrected chi connectivity index (χ1v) is 6.13. The molecule has 2 saturated heterocycles. The van der Waals surface area contributed by atoms with Crippen molar-refractivity contribution in [3.63, 3.8) is 0 Å². The maximum Gasteiger partial charge on any atom is 0.0594 e. The Hall–Kier alpha value is -0.120. The van der Waals surface area contributed by atoms with E-state index in [1.54, 1.807) is 0 Å². The Kier molecular flexibility index (Phi) is 3.33. The van der Waals surface area contributed by atoms with Crippen LogP contribution in [-0.2, 0) is 4.74 Å². The van der Waals surface area contributed by atoms with Crippen molar-refractivity contribution >= 4 is 0 Å². The Balaban J connectivity index is 1.75. The largest absolute Gasteiger partial charge is 0.379 e. The summed E-state index contributed by atoms with van der Waals surface area (Å²) in [6, 6.07) is 0.711. The Morgan fingerprint density at radius 1 is 1.20 bits per heavy atom. The van der Waals surface area contributed by atoms with Crippen LogP contribution >= 0.6 is 0 Å². The number of rotatable bonds is 3. The molecular weight excluding hydrogens is 188 g/mol. The van der Waals surface area contributed by atoms with Gasteiger partial charge in [-0.25, -0.2) is 0 Å². The molecule has 2 aliphatic heterocycles. The highest BCUT2D eigenvalue weighted by Gasteiger charge is 2.40. The van der Waals surface area contributed by atoms with Gasteiger partial charge in [0.2, 0.25) is 0 Å². The minimum atomic E-state index is 0.529. The number of morpholine rings is 1. The zero-order valence-electron chi connectivity index (χ0n) is 10.3. The number of ether oxygens (including phenoxy) is 1. The van der Waals surface area contributed by atoms with E-state index in [0.29, 0.717) is 11.5 Å². The third kappa shape index (κ3) is 2.71. The molecule has 0 radical (unpaired) electrons. The lowest BCUT2D eigenvalue weighted by molar-refractivity contribution is -0.0517. The topological polar surface area (TPSA) is 15.7 Å². The summed E-state index contributed by atoms with van der Waals surface area (Å²) in [5.74, 6) is 0. The van der Waals surface area contributed by atoms with Crippen LogP contribution in [0, 0.1) is 5.41 Å². The van der Waals surface area contributed by atoms with E-state index in [0.717, 1.165) is 26.3 Å². The predicted molar refractivity (Wildman–Crippen MR) is 62.1 cm³/mol. The number of hydrogen-bond acceptors (Lipinski definition) is 3. The fourth-order valence-electron chi connectivity index (χ4n) is 2.70. The van der Waals surface area contributed by atoms with Gasteiger partial charge < -0.3 is 4.74 Å². The Labute approximate surface area is 93.4 Å². The first-order chi connectivity index (χ1) is 7.09. The SMILES string of the molecule is CC(C)N1CC(C)(CN2CCOCC2)C1. The van der Waals surface area contributed by atoms with Gasteiger partial charge in [-0.05, 0) is 13.8 Å². The summed E-state index contributed by atoms with van der Waals surface area (Å²) in [7, 11) is 0. The summed E-state index contributed by atoms with van der Waals surface area (Å²) in [5.41, 5.74) is 0.529. The van der Waals surface area contributed by atoms with Crippen molar-refractivity contribution in [1.29, 1.82) is 0 Å². The van der Waals surface area contributed by atoms with Crippen molar-refractivity contribution in [3.8, 4) is 0 Å². The molecule has 0 unspecified atom stereocenters. The maximum absolute atomic E-state index is 5.37. The van der Waals surface area contributed by atoms with Crippen molar-refractivity contribution in [2.75, 3.05) is 45.9 Å². The highest BCUT2D eigenvalue weighted by atomic mass is 16.5. The summed E-state index contributed by atoms with van der Waals surface area (Å²) < 4.78 is 5.37. The monoisotopic (exact) mass is 212 g/mol. The second kappa shape index (κ2) is 4.40. The molecule has 0 atom stereocenters. The molecule has 15 heavy (non-hydrogen) atoms. The summed E-state index contributed by atoms with van der Waals surface area (Å²) in [6.45, 7) is 14.9. The summed E-state index contributed by atoms with van der Waals surface area (Å²) in [6.07, 6.45) is 0. The predicted octanol–water partition coefficient (Wildman–Crippen LogP) is 1.05. The van der Waals surface area contributed by atoms with Crippen molar-refractivity contribution < 1.29 is 4.74 Å². The van der Waals surface area contributed by atoms with Crippen LogP contribution in [0.3, 0.4) is 0 Å². The molecule has 0 aromatic rings. The van der Waals surface area contributed by atoms with Crippen molar-refractivity contribution in [1.82, 2.24) is 9.80 Å². The second-order valence-electron chi connectivity index (χ2n) is 5.70. The van der Waals surface area contributed by atoms with Crippen LogP contribution in [-0.4, -0.2) is 61.8 Å². The van der Waals surface area contributed by atoms with Gasteiger partial charge in [-0.1, -0.05) is 6.92 Å². The smallest absolute Gasteiger partial charge is 0.0594 e. The van der Waals surface area contributed by atoms with Crippen LogP contribution in [0.1, 0.15) is 20.8 Å². The van der Waals surface area contributed by atoms with Gasteiger partial charge in [0.25, 0.3) is 0 Å². The maximum atomic E-state index is 5.37. The lowest BCUT2D eigenvalue weighted by Crippen LogP contribution is -2.61. The molecular formula is C12H24N2O. The molecule has 0 spiro atoms. The van der Waals surface area contributed by atoms with Gasteiger partial charge in [0.05, 0.1) is 13.2 Å². The van der Waals surface area contributed by atoms with E-state index in [2.05, 4.69) is 30.6 Å².